The quantitative estimate of drug-likeness (QED) is 0.892. The second-order valence-corrected chi connectivity index (χ2v) is 6.75. The molecule has 0 radical (unpaired) electrons. The van der Waals surface area contributed by atoms with Crippen molar-refractivity contribution in [3.63, 3.8) is 0 Å². The lowest BCUT2D eigenvalue weighted by atomic mass is 10.1. The highest BCUT2D eigenvalue weighted by Gasteiger charge is 2.16. The number of aryl methyl sites for hydroxylation is 1. The van der Waals surface area contributed by atoms with Gasteiger partial charge in [-0.1, -0.05) is 31.2 Å². The standard InChI is InChI=1S/C20H24N2O2/c1-5-14-9-6-7-12-17(14)21-18(23)15-10-8-11-16(13-15)19(24)22-20(2,3)4/h6-13H,5H2,1-4H3,(H,21,23)(H,22,24). The van der Waals surface area contributed by atoms with Crippen LogP contribution in [0.2, 0.25) is 0 Å². The molecule has 0 saturated carbocycles. The average Bonchev–Trinajstić information content (AvgIpc) is 2.54. The summed E-state index contributed by atoms with van der Waals surface area (Å²) >= 11 is 0. The largest absolute Gasteiger partial charge is 0.347 e. The average molecular weight is 324 g/mol. The minimum Gasteiger partial charge on any atom is -0.347 e. The van der Waals surface area contributed by atoms with E-state index in [1.165, 1.54) is 0 Å². The Hall–Kier alpha value is -2.62. The van der Waals surface area contributed by atoms with Gasteiger partial charge in [-0.3, -0.25) is 9.59 Å². The van der Waals surface area contributed by atoms with Gasteiger partial charge in [0.2, 0.25) is 0 Å². The van der Waals surface area contributed by atoms with Gasteiger partial charge in [-0.25, -0.2) is 0 Å². The molecule has 0 aliphatic carbocycles. The lowest BCUT2D eigenvalue weighted by molar-refractivity contribution is 0.0919. The first-order valence-corrected chi connectivity index (χ1v) is 8.12. The van der Waals surface area contributed by atoms with Crippen LogP contribution in [0.1, 0.15) is 54.0 Å². The van der Waals surface area contributed by atoms with Gasteiger partial charge in [-0.05, 0) is 57.0 Å². The van der Waals surface area contributed by atoms with Gasteiger partial charge in [-0.15, -0.1) is 0 Å². The molecule has 0 unspecified atom stereocenters. The third kappa shape index (κ3) is 4.69. The number of hydrogen-bond donors (Lipinski definition) is 2. The number of anilines is 1. The lowest BCUT2D eigenvalue weighted by Crippen LogP contribution is -2.40. The van der Waals surface area contributed by atoms with Gasteiger partial charge in [0, 0.05) is 22.4 Å². The number of benzene rings is 2. The highest BCUT2D eigenvalue weighted by atomic mass is 16.2. The maximum Gasteiger partial charge on any atom is 0.255 e. The normalized spacial score (nSPS) is 11.0. The first kappa shape index (κ1) is 17.7. The summed E-state index contributed by atoms with van der Waals surface area (Å²) in [6.07, 6.45) is 0.838. The zero-order valence-corrected chi connectivity index (χ0v) is 14.6. The van der Waals surface area contributed by atoms with Crippen LogP contribution in [0.3, 0.4) is 0 Å². The minimum absolute atomic E-state index is 0.189. The van der Waals surface area contributed by atoms with Crippen molar-refractivity contribution in [2.75, 3.05) is 5.32 Å². The smallest absolute Gasteiger partial charge is 0.255 e. The number of carbonyl (C=O) groups is 2. The van der Waals surface area contributed by atoms with Crippen LogP contribution in [0.5, 0.6) is 0 Å². The topological polar surface area (TPSA) is 58.2 Å². The van der Waals surface area contributed by atoms with Crippen LogP contribution in [0.25, 0.3) is 0 Å². The SMILES string of the molecule is CCc1ccccc1NC(=O)c1cccc(C(=O)NC(C)(C)C)c1. The Morgan fingerprint density at radius 2 is 1.54 bits per heavy atom. The molecule has 0 spiro atoms. The van der Waals surface area contributed by atoms with Crippen molar-refractivity contribution in [3.8, 4) is 0 Å². The fourth-order valence-corrected chi connectivity index (χ4v) is 2.36. The third-order valence-electron chi connectivity index (χ3n) is 3.52. The fourth-order valence-electron chi connectivity index (χ4n) is 2.36. The van der Waals surface area contributed by atoms with Crippen LogP contribution in [0.15, 0.2) is 48.5 Å². The first-order chi connectivity index (χ1) is 11.3. The zero-order valence-electron chi connectivity index (χ0n) is 14.6. The Morgan fingerprint density at radius 3 is 2.17 bits per heavy atom. The molecular weight excluding hydrogens is 300 g/mol. The van der Waals surface area contributed by atoms with E-state index in [1.54, 1.807) is 24.3 Å². The van der Waals surface area contributed by atoms with Crippen LogP contribution in [-0.2, 0) is 6.42 Å². The molecule has 0 atom stereocenters. The summed E-state index contributed by atoms with van der Waals surface area (Å²) in [7, 11) is 0. The van der Waals surface area contributed by atoms with Crippen molar-refractivity contribution < 1.29 is 9.59 Å². The summed E-state index contributed by atoms with van der Waals surface area (Å²) in [5, 5.41) is 5.82. The van der Waals surface area contributed by atoms with Crippen molar-refractivity contribution in [1.82, 2.24) is 5.32 Å². The number of para-hydroxylation sites is 1. The summed E-state index contributed by atoms with van der Waals surface area (Å²) in [5.41, 5.74) is 2.49. The van der Waals surface area contributed by atoms with Crippen LogP contribution < -0.4 is 10.6 Å². The van der Waals surface area contributed by atoms with Crippen LogP contribution in [-0.4, -0.2) is 17.4 Å². The number of nitrogens with one attached hydrogen (secondary N) is 2. The molecule has 4 nitrogen and oxygen atoms in total. The Kier molecular flexibility index (Phi) is 5.39. The molecule has 0 aliphatic rings. The van der Waals surface area contributed by atoms with Gasteiger partial charge in [0.15, 0.2) is 0 Å². The molecule has 126 valence electrons. The predicted octanol–water partition coefficient (Wildman–Crippen LogP) is 4.03. The summed E-state index contributed by atoms with van der Waals surface area (Å²) < 4.78 is 0. The molecule has 2 amide bonds. The van der Waals surface area contributed by atoms with E-state index >= 15 is 0 Å². The lowest BCUT2D eigenvalue weighted by Gasteiger charge is -2.20. The maximum absolute atomic E-state index is 12.5. The van der Waals surface area contributed by atoms with E-state index in [4.69, 9.17) is 0 Å². The Labute approximate surface area is 143 Å². The van der Waals surface area contributed by atoms with Crippen molar-refractivity contribution in [2.24, 2.45) is 0 Å². The molecule has 0 fully saturated rings. The molecule has 0 aromatic heterocycles. The summed E-state index contributed by atoms with van der Waals surface area (Å²) in [4.78, 5) is 24.8. The van der Waals surface area contributed by atoms with Gasteiger partial charge in [0.05, 0.1) is 0 Å². The van der Waals surface area contributed by atoms with Crippen LogP contribution in [0.4, 0.5) is 5.69 Å². The van der Waals surface area contributed by atoms with Crippen molar-refractivity contribution in [3.05, 3.63) is 65.2 Å². The van der Waals surface area contributed by atoms with E-state index in [1.807, 2.05) is 52.0 Å². The highest BCUT2D eigenvalue weighted by molar-refractivity contribution is 6.06. The Bertz CT molecular complexity index is 745. The minimum atomic E-state index is -0.324. The molecule has 2 aromatic carbocycles. The molecule has 0 bridgehead atoms. The van der Waals surface area contributed by atoms with Gasteiger partial charge in [0.1, 0.15) is 0 Å². The molecule has 0 heterocycles. The summed E-state index contributed by atoms with van der Waals surface area (Å²) in [6.45, 7) is 7.80. The van der Waals surface area contributed by atoms with Crippen LogP contribution >= 0.6 is 0 Å². The van der Waals surface area contributed by atoms with Gasteiger partial charge >= 0.3 is 0 Å². The van der Waals surface area contributed by atoms with Crippen molar-refractivity contribution in [2.45, 2.75) is 39.7 Å². The van der Waals surface area contributed by atoms with Gasteiger partial charge in [0.25, 0.3) is 11.8 Å². The monoisotopic (exact) mass is 324 g/mol. The van der Waals surface area contributed by atoms with E-state index in [0.29, 0.717) is 11.1 Å². The zero-order chi connectivity index (χ0) is 17.7. The highest BCUT2D eigenvalue weighted by Crippen LogP contribution is 2.17. The summed E-state index contributed by atoms with van der Waals surface area (Å²) in [5.74, 6) is -0.410. The molecule has 4 heteroatoms. The number of rotatable bonds is 4. The van der Waals surface area contributed by atoms with Crippen molar-refractivity contribution in [1.29, 1.82) is 0 Å². The Morgan fingerprint density at radius 1 is 0.917 bits per heavy atom. The molecule has 24 heavy (non-hydrogen) atoms. The molecule has 0 aliphatic heterocycles. The maximum atomic E-state index is 12.5. The molecule has 0 saturated heterocycles. The third-order valence-corrected chi connectivity index (χ3v) is 3.52. The molecule has 2 N–H and O–H groups in total. The van der Waals surface area contributed by atoms with E-state index in [2.05, 4.69) is 10.6 Å². The molecular formula is C20H24N2O2. The summed E-state index contributed by atoms with van der Waals surface area (Å²) in [6, 6.07) is 14.5. The van der Waals surface area contributed by atoms with Gasteiger partial charge < -0.3 is 10.6 Å². The number of amides is 2. The predicted molar refractivity (Wildman–Crippen MR) is 97.4 cm³/mol. The van der Waals surface area contributed by atoms with E-state index < -0.39 is 0 Å². The second kappa shape index (κ2) is 7.30. The Balaban J connectivity index is 2.19. The molecule has 2 aromatic rings. The number of carbonyl (C=O) groups excluding carboxylic acids is 2. The first-order valence-electron chi connectivity index (χ1n) is 8.12. The van der Waals surface area contributed by atoms with Gasteiger partial charge in [-0.2, -0.15) is 0 Å². The van der Waals surface area contributed by atoms with Crippen molar-refractivity contribution >= 4 is 17.5 Å². The molecule has 2 rings (SSSR count). The van der Waals surface area contributed by atoms with E-state index in [0.717, 1.165) is 17.7 Å². The van der Waals surface area contributed by atoms with Crippen LogP contribution in [0, 0.1) is 0 Å². The fraction of sp³-hybridized carbons (Fsp3) is 0.300. The van der Waals surface area contributed by atoms with E-state index in [-0.39, 0.29) is 17.4 Å². The van der Waals surface area contributed by atoms with E-state index in [9.17, 15) is 9.59 Å². The second-order valence-electron chi connectivity index (χ2n) is 6.75. The number of hydrogen-bond acceptors (Lipinski definition) is 2.